The molecule has 7 nitrogen and oxygen atoms in total. The van der Waals surface area contributed by atoms with E-state index >= 15 is 0 Å². The van der Waals surface area contributed by atoms with Crippen LogP contribution in [0.5, 0.6) is 0 Å². The largest absolute Gasteiger partial charge is 0.480 e. The summed E-state index contributed by atoms with van der Waals surface area (Å²) < 4.78 is 31.9. The first kappa shape index (κ1) is 18.7. The highest BCUT2D eigenvalue weighted by Crippen LogP contribution is 2.26. The predicted octanol–water partition coefficient (Wildman–Crippen LogP) is 1.62. The summed E-state index contributed by atoms with van der Waals surface area (Å²) in [6.45, 7) is 6.83. The monoisotopic (exact) mass is 356 g/mol. The lowest BCUT2D eigenvalue weighted by Gasteiger charge is -2.29. The van der Waals surface area contributed by atoms with E-state index in [0.717, 1.165) is 0 Å². The second kappa shape index (κ2) is 7.08. The number of hydrogen-bond donors (Lipinski definition) is 2. The standard InChI is InChI=1S/C16H24N2O5S/c1-16(2,3)14(15(19)20)17-12-5-4-6-13(11-12)24(21,22)18-7-9-23-10-8-18/h4-6,11,14,17H,7-10H2,1-3H3,(H,19,20)/t14-/m1/s1. The van der Waals surface area contributed by atoms with E-state index in [1.165, 1.54) is 16.4 Å². The molecule has 0 aliphatic carbocycles. The molecule has 1 aromatic carbocycles. The fourth-order valence-corrected chi connectivity index (χ4v) is 3.95. The number of hydrogen-bond acceptors (Lipinski definition) is 5. The molecule has 1 aromatic rings. The van der Waals surface area contributed by atoms with Crippen LogP contribution in [0.4, 0.5) is 5.69 Å². The Labute approximate surface area is 142 Å². The molecule has 0 aromatic heterocycles. The third-order valence-corrected chi connectivity index (χ3v) is 5.76. The number of nitrogens with one attached hydrogen (secondary N) is 1. The predicted molar refractivity (Wildman–Crippen MR) is 90.5 cm³/mol. The smallest absolute Gasteiger partial charge is 0.326 e. The zero-order valence-corrected chi connectivity index (χ0v) is 15.0. The Morgan fingerprint density at radius 3 is 2.46 bits per heavy atom. The number of carboxylic acids is 1. The van der Waals surface area contributed by atoms with E-state index < -0.39 is 27.4 Å². The Kier molecular flexibility index (Phi) is 5.52. The molecule has 0 unspecified atom stereocenters. The van der Waals surface area contributed by atoms with Gasteiger partial charge in [0.25, 0.3) is 0 Å². The van der Waals surface area contributed by atoms with Gasteiger partial charge >= 0.3 is 5.97 Å². The van der Waals surface area contributed by atoms with Crippen LogP contribution >= 0.6 is 0 Å². The highest BCUT2D eigenvalue weighted by atomic mass is 32.2. The van der Waals surface area contributed by atoms with Crippen LogP contribution in [0.25, 0.3) is 0 Å². The van der Waals surface area contributed by atoms with Crippen molar-refractivity contribution in [2.24, 2.45) is 5.41 Å². The van der Waals surface area contributed by atoms with E-state index in [-0.39, 0.29) is 4.90 Å². The molecule has 134 valence electrons. The molecule has 1 heterocycles. The maximum Gasteiger partial charge on any atom is 0.326 e. The van der Waals surface area contributed by atoms with Crippen LogP contribution < -0.4 is 5.32 Å². The average Bonchev–Trinajstić information content (AvgIpc) is 2.52. The SMILES string of the molecule is CC(C)(C)[C@H](Nc1cccc(S(=O)(=O)N2CCOCC2)c1)C(=O)O. The zero-order chi connectivity index (χ0) is 18.0. The highest BCUT2D eigenvalue weighted by Gasteiger charge is 2.32. The van der Waals surface area contributed by atoms with Crippen LogP contribution in [-0.2, 0) is 19.6 Å². The van der Waals surface area contributed by atoms with Gasteiger partial charge in [-0.3, -0.25) is 0 Å². The van der Waals surface area contributed by atoms with Crippen molar-refractivity contribution in [3.63, 3.8) is 0 Å². The van der Waals surface area contributed by atoms with Crippen molar-refractivity contribution >= 4 is 21.7 Å². The van der Waals surface area contributed by atoms with Gasteiger partial charge in [-0.15, -0.1) is 0 Å². The normalized spacial score (nSPS) is 18.1. The van der Waals surface area contributed by atoms with Crippen molar-refractivity contribution in [1.82, 2.24) is 4.31 Å². The third kappa shape index (κ3) is 4.25. The van der Waals surface area contributed by atoms with Crippen LogP contribution in [-0.4, -0.2) is 56.1 Å². The maximum atomic E-state index is 12.7. The van der Waals surface area contributed by atoms with Crippen molar-refractivity contribution in [3.05, 3.63) is 24.3 Å². The van der Waals surface area contributed by atoms with Gasteiger partial charge in [-0.2, -0.15) is 4.31 Å². The van der Waals surface area contributed by atoms with Crippen molar-refractivity contribution in [1.29, 1.82) is 0 Å². The first-order valence-electron chi connectivity index (χ1n) is 7.79. The molecular weight excluding hydrogens is 332 g/mol. The van der Waals surface area contributed by atoms with Gasteiger partial charge in [0.15, 0.2) is 0 Å². The molecule has 0 spiro atoms. The molecule has 0 bridgehead atoms. The topological polar surface area (TPSA) is 95.9 Å². The molecule has 0 amide bonds. The molecule has 1 aliphatic rings. The van der Waals surface area contributed by atoms with Crippen molar-refractivity contribution in [2.75, 3.05) is 31.6 Å². The van der Waals surface area contributed by atoms with Crippen molar-refractivity contribution in [3.8, 4) is 0 Å². The summed E-state index contributed by atoms with van der Waals surface area (Å²) in [7, 11) is -3.61. The highest BCUT2D eigenvalue weighted by molar-refractivity contribution is 7.89. The van der Waals surface area contributed by atoms with Crippen molar-refractivity contribution in [2.45, 2.75) is 31.7 Å². The lowest BCUT2D eigenvalue weighted by Crippen LogP contribution is -2.41. The van der Waals surface area contributed by atoms with Crippen LogP contribution in [0.15, 0.2) is 29.2 Å². The Balaban J connectivity index is 2.26. The molecule has 8 heteroatoms. The van der Waals surface area contributed by atoms with E-state index in [4.69, 9.17) is 4.74 Å². The minimum atomic E-state index is -3.61. The van der Waals surface area contributed by atoms with Gasteiger partial charge in [0.2, 0.25) is 10.0 Å². The number of sulfonamides is 1. The summed E-state index contributed by atoms with van der Waals surface area (Å²) in [6, 6.07) is 5.44. The number of aliphatic carboxylic acids is 1. The van der Waals surface area contributed by atoms with Gasteiger partial charge in [0, 0.05) is 18.8 Å². The number of nitrogens with zero attached hydrogens (tertiary/aromatic N) is 1. The number of anilines is 1. The van der Waals surface area contributed by atoms with E-state index in [0.29, 0.717) is 32.0 Å². The number of carbonyl (C=O) groups is 1. The van der Waals surface area contributed by atoms with Crippen LogP contribution in [0.1, 0.15) is 20.8 Å². The molecule has 0 radical (unpaired) electrons. The average molecular weight is 356 g/mol. The summed E-state index contributed by atoms with van der Waals surface area (Å²) >= 11 is 0. The molecule has 24 heavy (non-hydrogen) atoms. The number of carboxylic acid groups (broad SMARTS) is 1. The first-order valence-corrected chi connectivity index (χ1v) is 9.24. The summed E-state index contributed by atoms with van der Waals surface area (Å²) in [5.41, 5.74) is -0.0584. The minimum absolute atomic E-state index is 0.146. The Hall–Kier alpha value is -1.64. The molecule has 1 saturated heterocycles. The number of ether oxygens (including phenoxy) is 1. The minimum Gasteiger partial charge on any atom is -0.480 e. The van der Waals surface area contributed by atoms with Gasteiger partial charge in [-0.25, -0.2) is 13.2 Å². The molecular formula is C16H24N2O5S. The number of benzene rings is 1. The molecule has 2 N–H and O–H groups in total. The van der Waals surface area contributed by atoms with Crippen LogP contribution in [0.3, 0.4) is 0 Å². The maximum absolute atomic E-state index is 12.7. The third-order valence-electron chi connectivity index (χ3n) is 3.87. The fourth-order valence-electron chi connectivity index (χ4n) is 2.50. The van der Waals surface area contributed by atoms with Gasteiger partial charge in [-0.05, 0) is 23.6 Å². The number of rotatable bonds is 5. The molecule has 2 rings (SSSR count). The van der Waals surface area contributed by atoms with E-state index in [1.54, 1.807) is 12.1 Å². The van der Waals surface area contributed by atoms with Gasteiger partial charge in [-0.1, -0.05) is 26.8 Å². The number of morpholine rings is 1. The summed E-state index contributed by atoms with van der Waals surface area (Å²) in [5.74, 6) is -0.982. The van der Waals surface area contributed by atoms with Gasteiger partial charge in [0.05, 0.1) is 18.1 Å². The van der Waals surface area contributed by atoms with E-state index in [9.17, 15) is 18.3 Å². The first-order chi connectivity index (χ1) is 11.1. The lowest BCUT2D eigenvalue weighted by atomic mass is 9.86. The van der Waals surface area contributed by atoms with Gasteiger partial charge < -0.3 is 15.2 Å². The van der Waals surface area contributed by atoms with E-state index in [1.807, 2.05) is 20.8 Å². The Bertz CT molecular complexity index is 691. The summed E-state index contributed by atoms with van der Waals surface area (Å²) in [6.07, 6.45) is 0. The van der Waals surface area contributed by atoms with Gasteiger partial charge in [0.1, 0.15) is 6.04 Å². The molecule has 1 fully saturated rings. The van der Waals surface area contributed by atoms with Crippen molar-refractivity contribution < 1.29 is 23.1 Å². The molecule has 0 saturated carbocycles. The quantitative estimate of drug-likeness (QED) is 0.832. The van der Waals surface area contributed by atoms with Crippen LogP contribution in [0.2, 0.25) is 0 Å². The summed E-state index contributed by atoms with van der Waals surface area (Å²) in [5, 5.41) is 12.3. The fraction of sp³-hybridized carbons (Fsp3) is 0.562. The second-order valence-electron chi connectivity index (χ2n) is 6.83. The summed E-state index contributed by atoms with van der Waals surface area (Å²) in [4.78, 5) is 11.6. The lowest BCUT2D eigenvalue weighted by molar-refractivity contribution is -0.140. The second-order valence-corrected chi connectivity index (χ2v) is 8.76. The van der Waals surface area contributed by atoms with E-state index in [2.05, 4.69) is 5.32 Å². The molecule has 1 atom stereocenters. The zero-order valence-electron chi connectivity index (χ0n) is 14.2. The van der Waals surface area contributed by atoms with Crippen LogP contribution in [0, 0.1) is 5.41 Å². The molecule has 1 aliphatic heterocycles. The Morgan fingerprint density at radius 2 is 1.92 bits per heavy atom. The Morgan fingerprint density at radius 1 is 1.29 bits per heavy atom.